The molecule has 152 valence electrons. The number of carbonyl (C=O) groups is 1. The van der Waals surface area contributed by atoms with Crippen LogP contribution in [0.2, 0.25) is 0 Å². The van der Waals surface area contributed by atoms with E-state index in [4.69, 9.17) is 0 Å². The Morgan fingerprint density at radius 1 is 1.32 bits per heavy atom. The number of benzene rings is 1. The fourth-order valence-electron chi connectivity index (χ4n) is 3.84. The van der Waals surface area contributed by atoms with Crippen LogP contribution in [-0.2, 0) is 21.2 Å². The lowest BCUT2D eigenvalue weighted by molar-refractivity contribution is -0.885. The number of quaternary nitrogens is 1. The number of hydrogen-bond donors (Lipinski definition) is 2. The van der Waals surface area contributed by atoms with Gasteiger partial charge in [0.2, 0.25) is 0 Å². The molecule has 0 bridgehead atoms. The lowest BCUT2D eigenvalue weighted by atomic mass is 10.1. The van der Waals surface area contributed by atoms with Crippen molar-refractivity contribution in [2.45, 2.75) is 39.8 Å². The topological polar surface area (TPSA) is 85.5 Å². The van der Waals surface area contributed by atoms with Gasteiger partial charge < -0.3 is 10.2 Å². The van der Waals surface area contributed by atoms with Crippen molar-refractivity contribution in [3.8, 4) is 0 Å². The number of aromatic nitrogens is 2. The van der Waals surface area contributed by atoms with Crippen molar-refractivity contribution in [3.63, 3.8) is 0 Å². The Bertz CT molecular complexity index is 981. The first-order valence-corrected chi connectivity index (χ1v) is 11.4. The van der Waals surface area contributed by atoms with E-state index in [0.717, 1.165) is 33.1 Å². The monoisotopic (exact) mass is 405 g/mol. The van der Waals surface area contributed by atoms with Gasteiger partial charge in [0.15, 0.2) is 16.4 Å². The van der Waals surface area contributed by atoms with Gasteiger partial charge in [-0.05, 0) is 44.9 Å². The molecule has 1 fully saturated rings. The number of anilines is 1. The number of nitrogens with zero attached hydrogens (tertiary/aromatic N) is 2. The summed E-state index contributed by atoms with van der Waals surface area (Å²) in [5.41, 5.74) is 4.90. The normalized spacial score (nSPS) is 19.5. The standard InChI is InChI=1S/C20H28N4O3S/c1-14-6-5-7-17(10-14)21-20(25)12-23(4)11-19-15(2)22-24(16(19)3)18-8-9-28(26,27)13-18/h5-7,10,18H,8-9,11-13H2,1-4H3,(H,21,25)/p+1/t18-/m1/s1. The fraction of sp³-hybridized carbons (Fsp3) is 0.500. The summed E-state index contributed by atoms with van der Waals surface area (Å²) in [6.07, 6.45) is 0.616. The maximum Gasteiger partial charge on any atom is 0.279 e. The molecule has 1 aliphatic heterocycles. The second kappa shape index (κ2) is 8.05. The summed E-state index contributed by atoms with van der Waals surface area (Å²) < 4.78 is 25.5. The largest absolute Gasteiger partial charge is 0.326 e. The minimum Gasteiger partial charge on any atom is -0.326 e. The van der Waals surface area contributed by atoms with Crippen LogP contribution < -0.4 is 10.2 Å². The van der Waals surface area contributed by atoms with E-state index in [-0.39, 0.29) is 23.5 Å². The van der Waals surface area contributed by atoms with Crippen LogP contribution in [0.25, 0.3) is 0 Å². The van der Waals surface area contributed by atoms with Crippen molar-refractivity contribution in [2.75, 3.05) is 30.4 Å². The van der Waals surface area contributed by atoms with Crippen LogP contribution in [-0.4, -0.2) is 49.2 Å². The first-order chi connectivity index (χ1) is 13.1. The fourth-order valence-corrected chi connectivity index (χ4v) is 5.53. The molecular weight excluding hydrogens is 376 g/mol. The molecule has 2 aromatic rings. The molecule has 2 heterocycles. The summed E-state index contributed by atoms with van der Waals surface area (Å²) in [6, 6.07) is 7.66. The Morgan fingerprint density at radius 2 is 2.07 bits per heavy atom. The highest BCUT2D eigenvalue weighted by atomic mass is 32.2. The number of likely N-dealkylation sites (N-methyl/N-ethyl adjacent to an activating group) is 1. The van der Waals surface area contributed by atoms with Gasteiger partial charge in [-0.3, -0.25) is 9.48 Å². The number of aryl methyl sites for hydroxylation is 2. The Hall–Kier alpha value is -2.19. The van der Waals surface area contributed by atoms with Crippen molar-refractivity contribution in [1.29, 1.82) is 0 Å². The average molecular weight is 406 g/mol. The molecule has 1 aliphatic rings. The maximum absolute atomic E-state index is 12.4. The molecule has 2 atom stereocenters. The third-order valence-electron chi connectivity index (χ3n) is 5.27. The molecule has 7 nitrogen and oxygen atoms in total. The molecule has 1 saturated heterocycles. The van der Waals surface area contributed by atoms with Crippen molar-refractivity contribution in [3.05, 3.63) is 46.8 Å². The zero-order valence-electron chi connectivity index (χ0n) is 16.9. The minimum atomic E-state index is -2.95. The van der Waals surface area contributed by atoms with E-state index in [0.29, 0.717) is 19.5 Å². The van der Waals surface area contributed by atoms with Crippen LogP contribution in [0.15, 0.2) is 24.3 Å². The second-order valence-electron chi connectivity index (χ2n) is 7.88. The van der Waals surface area contributed by atoms with Gasteiger partial charge >= 0.3 is 0 Å². The Morgan fingerprint density at radius 3 is 2.71 bits per heavy atom. The van der Waals surface area contributed by atoms with Gasteiger partial charge in [-0.2, -0.15) is 5.10 Å². The van der Waals surface area contributed by atoms with Crippen molar-refractivity contribution < 1.29 is 18.1 Å². The minimum absolute atomic E-state index is 0.0346. The maximum atomic E-state index is 12.4. The summed E-state index contributed by atoms with van der Waals surface area (Å²) in [6.45, 7) is 6.93. The predicted molar refractivity (Wildman–Crippen MR) is 109 cm³/mol. The highest BCUT2D eigenvalue weighted by molar-refractivity contribution is 7.91. The van der Waals surface area contributed by atoms with Crippen LogP contribution in [0.1, 0.15) is 35.0 Å². The van der Waals surface area contributed by atoms with Gasteiger partial charge in [0.05, 0.1) is 35.9 Å². The summed E-state index contributed by atoms with van der Waals surface area (Å²) in [5, 5.41) is 7.55. The number of sulfone groups is 1. The third kappa shape index (κ3) is 4.80. The molecule has 8 heteroatoms. The number of amides is 1. The summed E-state index contributed by atoms with van der Waals surface area (Å²) >= 11 is 0. The van der Waals surface area contributed by atoms with Crippen LogP contribution in [0, 0.1) is 20.8 Å². The zero-order valence-corrected chi connectivity index (χ0v) is 17.8. The number of carbonyl (C=O) groups excluding carboxylic acids is 1. The Kier molecular flexibility index (Phi) is 5.90. The van der Waals surface area contributed by atoms with E-state index < -0.39 is 9.84 Å². The third-order valence-corrected chi connectivity index (χ3v) is 7.02. The van der Waals surface area contributed by atoms with E-state index in [1.54, 1.807) is 0 Å². The molecule has 0 spiro atoms. The number of nitrogens with one attached hydrogen (secondary N) is 2. The molecule has 1 aromatic heterocycles. The molecule has 0 aliphatic carbocycles. The highest BCUT2D eigenvalue weighted by Gasteiger charge is 2.31. The van der Waals surface area contributed by atoms with Crippen molar-refractivity contribution in [1.82, 2.24) is 9.78 Å². The molecule has 1 amide bonds. The molecule has 2 N–H and O–H groups in total. The lowest BCUT2D eigenvalue weighted by Crippen LogP contribution is -3.08. The van der Waals surface area contributed by atoms with E-state index in [2.05, 4.69) is 10.4 Å². The van der Waals surface area contributed by atoms with Crippen molar-refractivity contribution >= 4 is 21.4 Å². The molecule has 0 radical (unpaired) electrons. The smallest absolute Gasteiger partial charge is 0.279 e. The molecular formula is C20H29N4O3S+. The van der Waals surface area contributed by atoms with Gasteiger partial charge in [0.1, 0.15) is 6.54 Å². The highest BCUT2D eigenvalue weighted by Crippen LogP contribution is 2.26. The summed E-state index contributed by atoms with van der Waals surface area (Å²) in [5.74, 6) is 0.360. The summed E-state index contributed by atoms with van der Waals surface area (Å²) in [4.78, 5) is 13.4. The number of hydrogen-bond acceptors (Lipinski definition) is 4. The first-order valence-electron chi connectivity index (χ1n) is 9.57. The van der Waals surface area contributed by atoms with E-state index in [1.165, 1.54) is 0 Å². The molecule has 1 unspecified atom stereocenters. The van der Waals surface area contributed by atoms with Crippen LogP contribution in [0.3, 0.4) is 0 Å². The first kappa shape index (κ1) is 20.5. The second-order valence-corrected chi connectivity index (χ2v) is 10.1. The Balaban J connectivity index is 1.64. The van der Waals surface area contributed by atoms with Gasteiger partial charge in [-0.25, -0.2) is 8.42 Å². The molecule has 0 saturated carbocycles. The van der Waals surface area contributed by atoms with Crippen molar-refractivity contribution in [2.24, 2.45) is 0 Å². The summed E-state index contributed by atoms with van der Waals surface area (Å²) in [7, 11) is -0.977. The van der Waals surface area contributed by atoms with Gasteiger partial charge in [-0.1, -0.05) is 12.1 Å². The average Bonchev–Trinajstić information content (AvgIpc) is 3.08. The molecule has 28 heavy (non-hydrogen) atoms. The molecule has 3 rings (SSSR count). The quantitative estimate of drug-likeness (QED) is 0.745. The van der Waals surface area contributed by atoms with E-state index >= 15 is 0 Å². The Labute approximate surface area is 166 Å². The zero-order chi connectivity index (χ0) is 20.5. The van der Waals surface area contributed by atoms with Gasteiger partial charge in [0.25, 0.3) is 5.91 Å². The number of rotatable bonds is 6. The SMILES string of the molecule is Cc1cccc(NC(=O)C[NH+](C)Cc2c(C)nn([C@@H]3CCS(=O)(=O)C3)c2C)c1. The van der Waals surface area contributed by atoms with Gasteiger partial charge in [0, 0.05) is 11.4 Å². The van der Waals surface area contributed by atoms with Crippen LogP contribution >= 0.6 is 0 Å². The molecule has 1 aromatic carbocycles. The van der Waals surface area contributed by atoms with Crippen LogP contribution in [0.5, 0.6) is 0 Å². The predicted octanol–water partition coefficient (Wildman–Crippen LogP) is 0.821. The van der Waals surface area contributed by atoms with Crippen LogP contribution in [0.4, 0.5) is 5.69 Å². The van der Waals surface area contributed by atoms with E-state index in [1.807, 2.05) is 56.8 Å². The van der Waals surface area contributed by atoms with E-state index in [9.17, 15) is 13.2 Å². The van der Waals surface area contributed by atoms with Gasteiger partial charge in [-0.15, -0.1) is 0 Å². The lowest BCUT2D eigenvalue weighted by Gasteiger charge is -2.15.